The van der Waals surface area contributed by atoms with Crippen LogP contribution in [0.2, 0.25) is 0 Å². The SMILES string of the molecule is CC(=O)c1ccc(C#N)cc1NCc1ccnc(OCC2CC2)c1. The Balaban J connectivity index is 1.69. The first-order valence-corrected chi connectivity index (χ1v) is 8.02. The van der Waals surface area contributed by atoms with Crippen molar-refractivity contribution in [3.05, 3.63) is 53.2 Å². The highest BCUT2D eigenvalue weighted by Crippen LogP contribution is 2.29. The quantitative estimate of drug-likeness (QED) is 0.789. The van der Waals surface area contributed by atoms with Crippen molar-refractivity contribution in [1.82, 2.24) is 4.98 Å². The van der Waals surface area contributed by atoms with E-state index in [-0.39, 0.29) is 5.78 Å². The molecule has 5 nitrogen and oxygen atoms in total. The van der Waals surface area contributed by atoms with E-state index in [9.17, 15) is 4.79 Å². The zero-order valence-corrected chi connectivity index (χ0v) is 13.6. The molecule has 1 aliphatic rings. The fraction of sp³-hybridized carbons (Fsp3) is 0.316. The van der Waals surface area contributed by atoms with E-state index < -0.39 is 0 Å². The van der Waals surface area contributed by atoms with Crippen molar-refractivity contribution < 1.29 is 9.53 Å². The number of benzene rings is 1. The topological polar surface area (TPSA) is 75.0 Å². The van der Waals surface area contributed by atoms with Gasteiger partial charge in [0.2, 0.25) is 5.88 Å². The standard InChI is InChI=1S/C19H19N3O2/c1-13(23)17-5-4-15(10-20)8-18(17)22-11-16-6-7-21-19(9-16)24-12-14-2-3-14/h4-9,14,22H,2-3,11-12H2,1H3. The molecule has 2 aromatic rings. The van der Waals surface area contributed by atoms with Gasteiger partial charge in [-0.3, -0.25) is 4.79 Å². The van der Waals surface area contributed by atoms with Crippen molar-refractivity contribution in [2.24, 2.45) is 5.92 Å². The minimum atomic E-state index is -0.0369. The highest BCUT2D eigenvalue weighted by Gasteiger charge is 2.22. The Morgan fingerprint density at radius 3 is 2.92 bits per heavy atom. The molecule has 0 saturated heterocycles. The van der Waals surface area contributed by atoms with Crippen LogP contribution < -0.4 is 10.1 Å². The van der Waals surface area contributed by atoms with Gasteiger partial charge in [0.05, 0.1) is 18.2 Å². The molecule has 0 spiro atoms. The molecule has 5 heteroatoms. The van der Waals surface area contributed by atoms with E-state index in [1.165, 1.54) is 19.8 Å². The Morgan fingerprint density at radius 1 is 1.38 bits per heavy atom. The molecule has 0 bridgehead atoms. The Bertz CT molecular complexity index is 791. The van der Waals surface area contributed by atoms with Crippen molar-refractivity contribution >= 4 is 11.5 Å². The average Bonchev–Trinajstić information content (AvgIpc) is 3.42. The molecule has 1 saturated carbocycles. The summed E-state index contributed by atoms with van der Waals surface area (Å²) < 4.78 is 5.69. The maximum absolute atomic E-state index is 11.7. The van der Waals surface area contributed by atoms with Crippen molar-refractivity contribution in [2.75, 3.05) is 11.9 Å². The molecule has 1 N–H and O–H groups in total. The van der Waals surface area contributed by atoms with Gasteiger partial charge in [-0.25, -0.2) is 4.98 Å². The third kappa shape index (κ3) is 4.11. The van der Waals surface area contributed by atoms with Gasteiger partial charge in [-0.2, -0.15) is 5.26 Å². The van der Waals surface area contributed by atoms with E-state index in [0.717, 1.165) is 12.2 Å². The summed E-state index contributed by atoms with van der Waals surface area (Å²) in [5.74, 6) is 1.27. The van der Waals surface area contributed by atoms with Crippen LogP contribution in [0.4, 0.5) is 5.69 Å². The molecule has 3 rings (SSSR count). The van der Waals surface area contributed by atoms with Gasteiger partial charge in [-0.1, -0.05) is 0 Å². The number of anilines is 1. The minimum absolute atomic E-state index is 0.0369. The van der Waals surface area contributed by atoms with E-state index >= 15 is 0 Å². The van der Waals surface area contributed by atoms with Gasteiger partial charge in [0.15, 0.2) is 5.78 Å². The molecule has 1 fully saturated rings. The summed E-state index contributed by atoms with van der Waals surface area (Å²) in [6.07, 6.45) is 4.20. The number of nitrogens with zero attached hydrogens (tertiary/aromatic N) is 2. The molecule has 0 aliphatic heterocycles. The summed E-state index contributed by atoms with van der Waals surface area (Å²) >= 11 is 0. The maximum atomic E-state index is 11.7. The van der Waals surface area contributed by atoms with E-state index in [2.05, 4.69) is 16.4 Å². The molecule has 0 atom stereocenters. The van der Waals surface area contributed by atoms with Crippen molar-refractivity contribution in [3.63, 3.8) is 0 Å². The van der Waals surface area contributed by atoms with Crippen LogP contribution in [-0.2, 0) is 6.54 Å². The van der Waals surface area contributed by atoms with Crippen molar-refractivity contribution in [1.29, 1.82) is 5.26 Å². The highest BCUT2D eigenvalue weighted by molar-refractivity contribution is 5.99. The predicted octanol–water partition coefficient (Wildman–Crippen LogP) is 3.56. The third-order valence-corrected chi connectivity index (χ3v) is 3.97. The van der Waals surface area contributed by atoms with Gasteiger partial charge in [-0.15, -0.1) is 0 Å². The molecule has 24 heavy (non-hydrogen) atoms. The van der Waals surface area contributed by atoms with Gasteiger partial charge in [0, 0.05) is 30.1 Å². The molecule has 1 heterocycles. The van der Waals surface area contributed by atoms with Gasteiger partial charge in [-0.05, 0) is 55.5 Å². The van der Waals surface area contributed by atoms with Crippen LogP contribution >= 0.6 is 0 Å². The van der Waals surface area contributed by atoms with Crippen molar-refractivity contribution in [3.8, 4) is 11.9 Å². The van der Waals surface area contributed by atoms with Crippen molar-refractivity contribution in [2.45, 2.75) is 26.3 Å². The van der Waals surface area contributed by atoms with Crippen LogP contribution in [0.1, 0.15) is 41.3 Å². The lowest BCUT2D eigenvalue weighted by Gasteiger charge is -2.12. The summed E-state index contributed by atoms with van der Waals surface area (Å²) in [6.45, 7) is 2.77. The number of hydrogen-bond donors (Lipinski definition) is 1. The number of rotatable bonds is 7. The predicted molar refractivity (Wildman–Crippen MR) is 90.9 cm³/mol. The molecule has 1 aromatic heterocycles. The number of pyridine rings is 1. The number of carbonyl (C=O) groups is 1. The Labute approximate surface area is 141 Å². The van der Waals surface area contributed by atoms with Crippen LogP contribution in [0.15, 0.2) is 36.5 Å². The molecule has 1 aliphatic carbocycles. The number of ketones is 1. The zero-order chi connectivity index (χ0) is 16.9. The van der Waals surface area contributed by atoms with Crippen LogP contribution in [0.5, 0.6) is 5.88 Å². The van der Waals surface area contributed by atoms with Gasteiger partial charge >= 0.3 is 0 Å². The molecule has 0 radical (unpaired) electrons. The second-order valence-electron chi connectivity index (χ2n) is 6.04. The molecule has 122 valence electrons. The molecular formula is C19H19N3O2. The first-order valence-electron chi connectivity index (χ1n) is 8.02. The summed E-state index contributed by atoms with van der Waals surface area (Å²) in [5, 5.41) is 12.3. The zero-order valence-electron chi connectivity index (χ0n) is 13.6. The molecule has 1 aromatic carbocycles. The lowest BCUT2D eigenvalue weighted by atomic mass is 10.1. The normalized spacial score (nSPS) is 13.2. The molecular weight excluding hydrogens is 302 g/mol. The number of nitriles is 1. The van der Waals surface area contributed by atoms with Crippen LogP contribution in [-0.4, -0.2) is 17.4 Å². The van der Waals surface area contributed by atoms with Crippen LogP contribution in [0, 0.1) is 17.2 Å². The Kier molecular flexibility index (Phi) is 4.76. The highest BCUT2D eigenvalue weighted by atomic mass is 16.5. The van der Waals surface area contributed by atoms with E-state index in [1.54, 1.807) is 24.4 Å². The lowest BCUT2D eigenvalue weighted by molar-refractivity contribution is 0.101. The Morgan fingerprint density at radius 2 is 2.21 bits per heavy atom. The average molecular weight is 321 g/mol. The van der Waals surface area contributed by atoms with E-state index in [4.69, 9.17) is 10.00 Å². The summed E-state index contributed by atoms with van der Waals surface area (Å²) in [6, 6.07) is 10.9. The lowest BCUT2D eigenvalue weighted by Crippen LogP contribution is -2.06. The smallest absolute Gasteiger partial charge is 0.213 e. The number of carbonyl (C=O) groups excluding carboxylic acids is 1. The Hall–Kier alpha value is -2.87. The largest absolute Gasteiger partial charge is 0.477 e. The summed E-state index contributed by atoms with van der Waals surface area (Å²) in [4.78, 5) is 16.0. The maximum Gasteiger partial charge on any atom is 0.213 e. The number of hydrogen-bond acceptors (Lipinski definition) is 5. The van der Waals surface area contributed by atoms with Gasteiger partial charge in [0.1, 0.15) is 0 Å². The van der Waals surface area contributed by atoms with Crippen LogP contribution in [0.25, 0.3) is 0 Å². The third-order valence-electron chi connectivity index (χ3n) is 3.97. The number of ether oxygens (including phenoxy) is 1. The second-order valence-corrected chi connectivity index (χ2v) is 6.04. The summed E-state index contributed by atoms with van der Waals surface area (Å²) in [7, 11) is 0. The van der Waals surface area contributed by atoms with Gasteiger partial charge in [0.25, 0.3) is 0 Å². The molecule has 0 amide bonds. The second kappa shape index (κ2) is 7.14. The van der Waals surface area contributed by atoms with E-state index in [0.29, 0.717) is 35.2 Å². The number of nitrogens with one attached hydrogen (secondary N) is 1. The summed E-state index contributed by atoms with van der Waals surface area (Å²) in [5.41, 5.74) is 2.77. The number of Topliss-reactive ketones (excluding diaryl/α,β-unsaturated/α-hetero) is 1. The van der Waals surface area contributed by atoms with E-state index in [1.807, 2.05) is 12.1 Å². The first-order chi connectivity index (χ1) is 11.7. The minimum Gasteiger partial charge on any atom is -0.477 e. The fourth-order valence-corrected chi connectivity index (χ4v) is 2.39. The number of aromatic nitrogens is 1. The van der Waals surface area contributed by atoms with Crippen LogP contribution in [0.3, 0.4) is 0 Å². The monoisotopic (exact) mass is 321 g/mol. The van der Waals surface area contributed by atoms with Gasteiger partial charge < -0.3 is 10.1 Å². The fourth-order valence-electron chi connectivity index (χ4n) is 2.39. The first kappa shape index (κ1) is 16.0. The molecule has 0 unspecified atom stereocenters.